The highest BCUT2D eigenvalue weighted by Crippen LogP contribution is 2.58. The molecule has 6 nitrogen and oxygen atoms in total. The van der Waals surface area contributed by atoms with Gasteiger partial charge in [-0.1, -0.05) is 136 Å². The topological polar surface area (TPSA) is 78.9 Å². The first kappa shape index (κ1) is 39.4. The predicted octanol–water partition coefficient (Wildman–Crippen LogP) is 11.2. The molecule has 0 saturated heterocycles. The van der Waals surface area contributed by atoms with Gasteiger partial charge in [-0.15, -0.1) is 0 Å². The molecule has 0 aliphatic carbocycles. The second-order valence-corrected chi connectivity index (χ2v) is 20.6. The zero-order valence-electron chi connectivity index (χ0n) is 32.0. The number of para-hydroxylation sites is 1. The average Bonchev–Trinajstić information content (AvgIpc) is 3.29. The Morgan fingerprint density at radius 1 is 0.458 bits per heavy atom. The van der Waals surface area contributed by atoms with Crippen LogP contribution in [0.4, 0.5) is 0 Å². The minimum atomic E-state index is -4.14. The molecule has 0 N–H and O–H groups in total. The Kier molecular flexibility index (Phi) is 10.7. The van der Waals surface area contributed by atoms with Crippen LogP contribution in [0.25, 0.3) is 35.4 Å². The fraction of sp³-hybridized carbons (Fsp3) is 0. The van der Waals surface area contributed by atoms with E-state index in [0.29, 0.717) is 37.8 Å². The molecular weight excluding hydrogens is 789 g/mol. The summed E-state index contributed by atoms with van der Waals surface area (Å²) in [5, 5.41) is 2.19. The maximum atomic E-state index is 16.0. The number of hydrogen-bond acceptors (Lipinski definition) is 6. The van der Waals surface area contributed by atoms with E-state index in [1.54, 1.807) is 103 Å². The summed E-state index contributed by atoms with van der Waals surface area (Å²) in [5.41, 5.74) is 4.86. The molecule has 1 aliphatic rings. The molecule has 59 heavy (non-hydrogen) atoms. The van der Waals surface area contributed by atoms with Crippen LogP contribution in [0.1, 0.15) is 22.3 Å². The molecule has 9 heteroatoms. The van der Waals surface area contributed by atoms with Crippen LogP contribution in [0.2, 0.25) is 0 Å². The molecule has 0 fully saturated rings. The van der Waals surface area contributed by atoms with Crippen LogP contribution in [0.5, 0.6) is 17.2 Å². The van der Waals surface area contributed by atoms with Crippen LogP contribution in [-0.2, 0) is 13.7 Å². The Labute approximate surface area is 344 Å². The molecule has 1 atom stereocenters. The quantitative estimate of drug-likeness (QED) is 0.108. The Hall–Kier alpha value is -6.41. The molecule has 1 unspecified atom stereocenters. The zero-order valence-corrected chi connectivity index (χ0v) is 34.7. The van der Waals surface area contributed by atoms with Crippen molar-refractivity contribution >= 4 is 78.2 Å². The molecule has 0 radical (unpaired) electrons. The maximum Gasteiger partial charge on any atom is 0.311 e. The summed E-state index contributed by atoms with van der Waals surface area (Å²) in [6.45, 7) is 15.4. The minimum Gasteiger partial charge on any atom is -0.437 e. The molecule has 0 spiro atoms. The van der Waals surface area contributed by atoms with Gasteiger partial charge in [0.05, 0.1) is 31.8 Å². The van der Waals surface area contributed by atoms with Crippen molar-refractivity contribution in [2.45, 2.75) is 0 Å². The van der Waals surface area contributed by atoms with Crippen molar-refractivity contribution in [3.05, 3.63) is 212 Å². The van der Waals surface area contributed by atoms with Gasteiger partial charge in [0.15, 0.2) is 0 Å². The third-order valence-corrected chi connectivity index (χ3v) is 17.5. The predicted molar refractivity (Wildman–Crippen MR) is 247 cm³/mol. The van der Waals surface area contributed by atoms with Crippen molar-refractivity contribution in [1.82, 2.24) is 0 Å². The lowest BCUT2D eigenvalue weighted by molar-refractivity contribution is 0.489. The third-order valence-electron chi connectivity index (χ3n) is 10.2. The van der Waals surface area contributed by atoms with Crippen molar-refractivity contribution < 1.29 is 27.3 Å². The van der Waals surface area contributed by atoms with E-state index in [1.165, 1.54) is 6.07 Å². The molecule has 0 amide bonds. The Bertz CT molecular complexity index is 2790. The summed E-state index contributed by atoms with van der Waals surface area (Å²) >= 11 is 0. The molecule has 0 saturated carbocycles. The Balaban J connectivity index is 1.34. The first-order chi connectivity index (χ1) is 28.6. The van der Waals surface area contributed by atoms with Gasteiger partial charge in [-0.25, -0.2) is 0 Å². The Morgan fingerprint density at radius 3 is 1.32 bits per heavy atom. The number of hydrogen-bond donors (Lipinski definition) is 0. The maximum absolute atomic E-state index is 16.0. The van der Waals surface area contributed by atoms with Crippen LogP contribution in [-0.4, -0.2) is 0 Å². The van der Waals surface area contributed by atoms with Crippen molar-refractivity contribution in [1.29, 1.82) is 0 Å². The fourth-order valence-electron chi connectivity index (χ4n) is 6.98. The Morgan fingerprint density at radius 2 is 0.864 bits per heavy atom. The smallest absolute Gasteiger partial charge is 0.311 e. The van der Waals surface area contributed by atoms with E-state index in [-0.39, 0.29) is 16.8 Å². The standard InChI is InChI=1S/C50H39O6P3/c1-5-36-17-26-41(27-18-36)57(51,42-28-19-37(6-2)20-29-42)54-40-25-34-48(50(35-40)59(53)49-16-12-10-14-46(49)45-13-9-11-15-47(45)55-59)56-58(52,43-30-21-38(7-3)22-31-43)44-32-23-39(8-4)24-33-44/h5-35H,1-4H2. The summed E-state index contributed by atoms with van der Waals surface area (Å²) in [7, 11) is -12.0. The van der Waals surface area contributed by atoms with Gasteiger partial charge in [0.25, 0.3) is 0 Å². The third kappa shape index (κ3) is 7.33. The van der Waals surface area contributed by atoms with Crippen LogP contribution in [0.3, 0.4) is 0 Å². The minimum absolute atomic E-state index is 0.0410. The van der Waals surface area contributed by atoms with E-state index in [9.17, 15) is 0 Å². The van der Waals surface area contributed by atoms with Crippen molar-refractivity contribution in [3.63, 3.8) is 0 Å². The molecule has 0 bridgehead atoms. The lowest BCUT2D eigenvalue weighted by Crippen LogP contribution is -2.28. The lowest BCUT2D eigenvalue weighted by atomic mass is 10.0. The van der Waals surface area contributed by atoms with Crippen molar-refractivity contribution in [2.24, 2.45) is 0 Å². The molecule has 7 aromatic rings. The highest BCUT2D eigenvalue weighted by atomic mass is 31.2. The zero-order chi connectivity index (χ0) is 41.2. The second kappa shape index (κ2) is 16.1. The summed E-state index contributed by atoms with van der Waals surface area (Å²) in [4.78, 5) is 0. The molecule has 0 aromatic heterocycles. The summed E-state index contributed by atoms with van der Waals surface area (Å²) in [5.74, 6) is 0.580. The van der Waals surface area contributed by atoms with Gasteiger partial charge in [0.2, 0.25) is 0 Å². The van der Waals surface area contributed by atoms with E-state index in [4.69, 9.17) is 13.6 Å². The highest BCUT2D eigenvalue weighted by Gasteiger charge is 2.43. The van der Waals surface area contributed by atoms with Crippen LogP contribution >= 0.6 is 22.1 Å². The van der Waals surface area contributed by atoms with Crippen LogP contribution in [0, 0.1) is 0 Å². The van der Waals surface area contributed by atoms with Gasteiger partial charge < -0.3 is 13.6 Å². The molecular formula is C50H39O6P3. The first-order valence-corrected chi connectivity index (χ1v) is 23.6. The van der Waals surface area contributed by atoms with E-state index < -0.39 is 22.1 Å². The van der Waals surface area contributed by atoms with E-state index in [2.05, 4.69) is 26.3 Å². The number of fused-ring (bicyclic) bond motifs is 3. The second-order valence-electron chi connectivity index (χ2n) is 13.8. The van der Waals surface area contributed by atoms with Crippen LogP contribution in [0.15, 0.2) is 190 Å². The van der Waals surface area contributed by atoms with Gasteiger partial charge in [-0.2, -0.15) is 0 Å². The van der Waals surface area contributed by atoms with Crippen molar-refractivity contribution in [3.8, 4) is 28.4 Å². The summed E-state index contributed by atoms with van der Waals surface area (Å²) < 4.78 is 67.1. The molecule has 8 rings (SSSR count). The molecule has 7 aromatic carbocycles. The van der Waals surface area contributed by atoms with E-state index in [1.807, 2.05) is 78.9 Å². The molecule has 1 heterocycles. The van der Waals surface area contributed by atoms with Gasteiger partial charge in [0.1, 0.15) is 17.2 Å². The van der Waals surface area contributed by atoms with E-state index in [0.717, 1.165) is 27.8 Å². The number of benzene rings is 7. The van der Waals surface area contributed by atoms with Gasteiger partial charge in [-0.05, 0) is 107 Å². The van der Waals surface area contributed by atoms with Gasteiger partial charge >= 0.3 is 22.1 Å². The number of rotatable bonds is 13. The summed E-state index contributed by atoms with van der Waals surface area (Å²) in [6.07, 6.45) is 6.81. The molecule has 290 valence electrons. The van der Waals surface area contributed by atoms with Gasteiger partial charge in [0, 0.05) is 5.56 Å². The SMILES string of the molecule is C=Cc1ccc(P(=O)(Oc2ccc(OP(=O)(c3ccc(C=C)cc3)c3ccc(C=C)cc3)c(P3(=O)Oc4ccccc4-c4ccccc43)c2)c2ccc(C=C)cc2)cc1. The average molecular weight is 829 g/mol. The monoisotopic (exact) mass is 828 g/mol. The van der Waals surface area contributed by atoms with E-state index >= 15 is 13.7 Å². The lowest BCUT2D eigenvalue weighted by Gasteiger charge is -2.31. The van der Waals surface area contributed by atoms with Gasteiger partial charge in [-0.3, -0.25) is 13.7 Å². The van der Waals surface area contributed by atoms with Crippen LogP contribution < -0.4 is 45.4 Å². The highest BCUT2D eigenvalue weighted by molar-refractivity contribution is 7.76. The first-order valence-electron chi connectivity index (χ1n) is 18.8. The normalized spacial score (nSPS) is 14.4. The molecule has 1 aliphatic heterocycles. The fourth-order valence-corrected chi connectivity index (χ4v) is 13.5. The van der Waals surface area contributed by atoms with Crippen molar-refractivity contribution in [2.75, 3.05) is 0 Å². The summed E-state index contributed by atoms with van der Waals surface area (Å²) in [6, 6.07) is 47.9. The largest absolute Gasteiger partial charge is 0.437 e.